The van der Waals surface area contributed by atoms with E-state index in [1.165, 1.54) is 23.2 Å². The Morgan fingerprint density at radius 1 is 1.20 bits per heavy atom. The van der Waals surface area contributed by atoms with Crippen LogP contribution in [0.3, 0.4) is 0 Å². The summed E-state index contributed by atoms with van der Waals surface area (Å²) in [6.45, 7) is 5.67. The number of piperidine rings is 1. The Balaban J connectivity index is 1.36. The number of urea groups is 1. The average Bonchev–Trinajstić information content (AvgIpc) is 3.22. The van der Waals surface area contributed by atoms with E-state index < -0.39 is 5.54 Å². The smallest absolute Gasteiger partial charge is 0.323 e. The number of aromatic nitrogens is 2. The van der Waals surface area contributed by atoms with Crippen molar-refractivity contribution in [2.75, 3.05) is 18.4 Å². The molecular weight excluding hydrogens is 404 g/mol. The summed E-state index contributed by atoms with van der Waals surface area (Å²) in [6, 6.07) is 3.43. The van der Waals surface area contributed by atoms with Crippen LogP contribution in [0.15, 0.2) is 24.5 Å². The fourth-order valence-electron chi connectivity index (χ4n) is 3.84. The second-order valence-electron chi connectivity index (χ2n) is 7.80. The Morgan fingerprint density at radius 3 is 2.63 bits per heavy atom. The molecule has 0 unspecified atom stereocenters. The van der Waals surface area contributed by atoms with E-state index in [-0.39, 0.29) is 24.4 Å². The van der Waals surface area contributed by atoms with E-state index in [1.54, 1.807) is 12.4 Å². The van der Waals surface area contributed by atoms with E-state index >= 15 is 0 Å². The average molecular weight is 429 g/mol. The van der Waals surface area contributed by atoms with E-state index in [9.17, 15) is 14.4 Å². The number of carbonyl (C=O) groups is 3. The van der Waals surface area contributed by atoms with Gasteiger partial charge in [0.05, 0.1) is 6.54 Å². The van der Waals surface area contributed by atoms with E-state index in [0.29, 0.717) is 37.6 Å². The van der Waals surface area contributed by atoms with Gasteiger partial charge >= 0.3 is 6.03 Å². The number of nitrogens with zero attached hydrogens (tertiary/aromatic N) is 4. The minimum Gasteiger partial charge on any atom is -0.323 e. The van der Waals surface area contributed by atoms with Crippen LogP contribution in [0.4, 0.5) is 9.93 Å². The van der Waals surface area contributed by atoms with Crippen molar-refractivity contribution < 1.29 is 14.4 Å². The van der Waals surface area contributed by atoms with Crippen molar-refractivity contribution in [2.45, 2.75) is 45.3 Å². The van der Waals surface area contributed by atoms with Gasteiger partial charge in [0.15, 0.2) is 5.13 Å². The molecule has 0 radical (unpaired) electrons. The summed E-state index contributed by atoms with van der Waals surface area (Å²) in [4.78, 5) is 49.8. The van der Waals surface area contributed by atoms with Gasteiger partial charge < -0.3 is 10.6 Å². The van der Waals surface area contributed by atoms with Crippen molar-refractivity contribution in [3.05, 3.63) is 40.7 Å². The molecule has 2 fully saturated rings. The van der Waals surface area contributed by atoms with Gasteiger partial charge in [0.2, 0.25) is 5.91 Å². The number of hydrogen-bond acceptors (Lipinski definition) is 7. The Morgan fingerprint density at radius 2 is 1.97 bits per heavy atom. The van der Waals surface area contributed by atoms with Gasteiger partial charge in [-0.2, -0.15) is 0 Å². The fourth-order valence-corrected chi connectivity index (χ4v) is 4.74. The maximum absolute atomic E-state index is 13.1. The lowest BCUT2D eigenvalue weighted by Gasteiger charge is -2.37. The minimum atomic E-state index is -0.819. The van der Waals surface area contributed by atoms with Crippen molar-refractivity contribution in [3.63, 3.8) is 0 Å². The highest BCUT2D eigenvalue weighted by molar-refractivity contribution is 7.15. The SMILES string of the molecule is CC(=O)Nc1ncc(CN2CCC3(CC2)NC(=O)N(Cc2ccc(C)nc2)C3=O)s1. The number of carbonyl (C=O) groups excluding carboxylic acids is 3. The first-order valence-corrected chi connectivity index (χ1v) is 10.7. The first-order chi connectivity index (χ1) is 14.3. The number of anilines is 1. The van der Waals surface area contributed by atoms with Crippen molar-refractivity contribution in [1.29, 1.82) is 0 Å². The maximum Gasteiger partial charge on any atom is 0.325 e. The number of pyridine rings is 1. The minimum absolute atomic E-state index is 0.141. The fraction of sp³-hybridized carbons (Fsp3) is 0.450. The lowest BCUT2D eigenvalue weighted by Crippen LogP contribution is -2.54. The largest absolute Gasteiger partial charge is 0.325 e. The summed E-state index contributed by atoms with van der Waals surface area (Å²) in [7, 11) is 0. The molecule has 1 spiro atoms. The molecule has 9 nitrogen and oxygen atoms in total. The summed E-state index contributed by atoms with van der Waals surface area (Å²) in [6.07, 6.45) is 4.60. The number of likely N-dealkylation sites (tertiary alicyclic amines) is 1. The normalized spacial score (nSPS) is 18.7. The Kier molecular flexibility index (Phi) is 5.52. The lowest BCUT2D eigenvalue weighted by molar-refractivity contribution is -0.133. The summed E-state index contributed by atoms with van der Waals surface area (Å²) in [5.74, 6) is -0.296. The van der Waals surface area contributed by atoms with Gasteiger partial charge in [-0.05, 0) is 31.4 Å². The van der Waals surface area contributed by atoms with Gasteiger partial charge in [-0.3, -0.25) is 24.4 Å². The van der Waals surface area contributed by atoms with Crippen LogP contribution in [-0.2, 0) is 22.7 Å². The third-order valence-corrected chi connectivity index (χ3v) is 6.38. The van der Waals surface area contributed by atoms with Crippen LogP contribution in [0.25, 0.3) is 0 Å². The first-order valence-electron chi connectivity index (χ1n) is 9.85. The van der Waals surface area contributed by atoms with Crippen LogP contribution in [0.5, 0.6) is 0 Å². The van der Waals surface area contributed by atoms with Gasteiger partial charge in [0.25, 0.3) is 5.91 Å². The van der Waals surface area contributed by atoms with Crippen LogP contribution < -0.4 is 10.6 Å². The zero-order chi connectivity index (χ0) is 21.3. The molecule has 0 aromatic carbocycles. The molecule has 0 saturated carbocycles. The van der Waals surface area contributed by atoms with Crippen LogP contribution in [-0.4, -0.2) is 56.2 Å². The standard InChI is InChI=1S/C20H24N6O3S/c1-13-3-4-15(9-21-13)11-26-17(28)20(24-19(26)29)5-7-25(8-6-20)12-16-10-22-18(30-16)23-14(2)27/h3-4,9-10H,5-8,11-12H2,1-2H3,(H,24,29)(H,22,23,27). The number of imide groups is 1. The van der Waals surface area contributed by atoms with E-state index in [2.05, 4.69) is 25.5 Å². The van der Waals surface area contributed by atoms with Crippen LogP contribution in [0, 0.1) is 6.92 Å². The molecule has 2 aliphatic heterocycles. The molecule has 2 aromatic heterocycles. The summed E-state index contributed by atoms with van der Waals surface area (Å²) in [5.41, 5.74) is 0.907. The molecule has 2 aliphatic rings. The molecule has 30 heavy (non-hydrogen) atoms. The zero-order valence-corrected chi connectivity index (χ0v) is 17.8. The molecule has 4 amide bonds. The van der Waals surface area contributed by atoms with Crippen molar-refractivity contribution in [1.82, 2.24) is 25.1 Å². The topological polar surface area (TPSA) is 108 Å². The van der Waals surface area contributed by atoms with Crippen LogP contribution >= 0.6 is 11.3 Å². The predicted molar refractivity (Wildman–Crippen MR) is 112 cm³/mol. The quantitative estimate of drug-likeness (QED) is 0.705. The van der Waals surface area contributed by atoms with Crippen LogP contribution in [0.2, 0.25) is 0 Å². The van der Waals surface area contributed by atoms with Gasteiger partial charge in [-0.25, -0.2) is 9.78 Å². The van der Waals surface area contributed by atoms with E-state index in [0.717, 1.165) is 16.1 Å². The van der Waals surface area contributed by atoms with Crippen molar-refractivity contribution in [2.24, 2.45) is 0 Å². The highest BCUT2D eigenvalue weighted by Gasteiger charge is 2.52. The number of thiazole rings is 1. The number of rotatable bonds is 5. The maximum atomic E-state index is 13.1. The first kappa shape index (κ1) is 20.4. The number of hydrogen-bond donors (Lipinski definition) is 2. The Hall–Kier alpha value is -2.85. The zero-order valence-electron chi connectivity index (χ0n) is 17.0. The van der Waals surface area contributed by atoms with E-state index in [1.807, 2.05) is 19.1 Å². The molecule has 10 heteroatoms. The third kappa shape index (κ3) is 4.19. The second kappa shape index (κ2) is 8.11. The molecule has 158 valence electrons. The monoisotopic (exact) mass is 428 g/mol. The molecule has 2 saturated heterocycles. The molecule has 4 rings (SSSR count). The summed E-state index contributed by atoms with van der Waals surface area (Å²) in [5, 5.41) is 6.22. The highest BCUT2D eigenvalue weighted by Crippen LogP contribution is 2.31. The second-order valence-corrected chi connectivity index (χ2v) is 8.92. The molecule has 2 aromatic rings. The molecular formula is C20H24N6O3S. The van der Waals surface area contributed by atoms with Gasteiger partial charge in [-0.1, -0.05) is 6.07 Å². The third-order valence-electron chi connectivity index (χ3n) is 5.48. The van der Waals surface area contributed by atoms with Gasteiger partial charge in [-0.15, -0.1) is 11.3 Å². The summed E-state index contributed by atoms with van der Waals surface area (Å²) >= 11 is 1.45. The molecule has 0 bridgehead atoms. The molecule has 0 atom stereocenters. The predicted octanol–water partition coefficient (Wildman–Crippen LogP) is 1.89. The Labute approximate surface area is 178 Å². The molecule has 2 N–H and O–H groups in total. The lowest BCUT2D eigenvalue weighted by atomic mass is 9.87. The van der Waals surface area contributed by atoms with Gasteiger partial charge in [0, 0.05) is 49.5 Å². The van der Waals surface area contributed by atoms with Crippen molar-refractivity contribution >= 4 is 34.3 Å². The number of amides is 4. The van der Waals surface area contributed by atoms with E-state index in [4.69, 9.17) is 0 Å². The van der Waals surface area contributed by atoms with Crippen LogP contribution in [0.1, 0.15) is 35.9 Å². The Bertz CT molecular complexity index is 965. The molecule has 0 aliphatic carbocycles. The van der Waals surface area contributed by atoms with Crippen molar-refractivity contribution in [3.8, 4) is 0 Å². The van der Waals surface area contributed by atoms with Gasteiger partial charge in [0.1, 0.15) is 5.54 Å². The number of aryl methyl sites for hydroxylation is 1. The number of nitrogens with one attached hydrogen (secondary N) is 2. The highest BCUT2D eigenvalue weighted by atomic mass is 32.1. The molecule has 4 heterocycles. The summed E-state index contributed by atoms with van der Waals surface area (Å²) < 4.78 is 0.